The lowest BCUT2D eigenvalue weighted by atomic mass is 9.94. The molecule has 31 heavy (non-hydrogen) atoms. The van der Waals surface area contributed by atoms with Gasteiger partial charge in [-0.15, -0.1) is 5.10 Å². The van der Waals surface area contributed by atoms with E-state index in [2.05, 4.69) is 19.9 Å². The van der Waals surface area contributed by atoms with E-state index in [-0.39, 0.29) is 23.6 Å². The van der Waals surface area contributed by atoms with E-state index < -0.39 is 6.04 Å². The summed E-state index contributed by atoms with van der Waals surface area (Å²) in [5, 5.41) is 8.75. The number of carbonyl (C=O) groups excluding carboxylic acids is 2. The van der Waals surface area contributed by atoms with Crippen LogP contribution in [0.4, 0.5) is 5.69 Å². The van der Waals surface area contributed by atoms with E-state index in [9.17, 15) is 9.59 Å². The summed E-state index contributed by atoms with van der Waals surface area (Å²) in [6.07, 6.45) is 8.62. The minimum atomic E-state index is -0.868. The molecule has 7 nitrogen and oxygen atoms in total. The van der Waals surface area contributed by atoms with Gasteiger partial charge in [-0.1, -0.05) is 47.5 Å². The number of benzene rings is 1. The molecular formula is C23H25N5O2S. The van der Waals surface area contributed by atoms with Crippen LogP contribution in [0, 0.1) is 6.92 Å². The van der Waals surface area contributed by atoms with Gasteiger partial charge in [-0.25, -0.2) is 0 Å². The highest BCUT2D eigenvalue weighted by atomic mass is 32.1. The Hall–Kier alpha value is -3.13. The number of nitrogens with zero attached hydrogens (tertiary/aromatic N) is 4. The van der Waals surface area contributed by atoms with Crippen molar-refractivity contribution in [1.82, 2.24) is 19.9 Å². The van der Waals surface area contributed by atoms with Crippen LogP contribution in [-0.4, -0.2) is 32.4 Å². The fourth-order valence-corrected chi connectivity index (χ4v) is 4.38. The number of pyridine rings is 1. The van der Waals surface area contributed by atoms with Gasteiger partial charge in [-0.05, 0) is 49.5 Å². The molecule has 0 spiro atoms. The average molecular weight is 436 g/mol. The molecule has 0 unspecified atom stereocenters. The van der Waals surface area contributed by atoms with Gasteiger partial charge in [0.2, 0.25) is 5.91 Å². The lowest BCUT2D eigenvalue weighted by Gasteiger charge is -2.33. The van der Waals surface area contributed by atoms with Gasteiger partial charge >= 0.3 is 0 Å². The summed E-state index contributed by atoms with van der Waals surface area (Å²) in [5.74, 6) is -0.581. The lowest BCUT2D eigenvalue weighted by Crippen LogP contribution is -2.47. The Balaban J connectivity index is 1.76. The second-order valence-electron chi connectivity index (χ2n) is 7.83. The monoisotopic (exact) mass is 435 g/mol. The first-order valence-electron chi connectivity index (χ1n) is 10.5. The van der Waals surface area contributed by atoms with Crippen LogP contribution >= 0.6 is 11.5 Å². The third-order valence-corrected chi connectivity index (χ3v) is 6.07. The van der Waals surface area contributed by atoms with Gasteiger partial charge in [0.1, 0.15) is 6.04 Å². The van der Waals surface area contributed by atoms with Gasteiger partial charge in [-0.3, -0.25) is 19.5 Å². The Morgan fingerprint density at radius 1 is 1.13 bits per heavy atom. The van der Waals surface area contributed by atoms with Crippen molar-refractivity contribution in [2.45, 2.75) is 51.1 Å². The molecule has 1 aromatic carbocycles. The van der Waals surface area contributed by atoms with Crippen molar-refractivity contribution in [2.24, 2.45) is 0 Å². The summed E-state index contributed by atoms with van der Waals surface area (Å²) in [4.78, 5) is 32.8. The molecule has 0 saturated heterocycles. The molecule has 2 heterocycles. The molecular weight excluding hydrogens is 410 g/mol. The fraction of sp³-hybridized carbons (Fsp3) is 0.348. The smallest absolute Gasteiger partial charge is 0.280 e. The van der Waals surface area contributed by atoms with Crippen molar-refractivity contribution in [1.29, 1.82) is 0 Å². The van der Waals surface area contributed by atoms with Crippen LogP contribution < -0.4 is 10.2 Å². The highest BCUT2D eigenvalue weighted by molar-refractivity contribution is 7.03. The maximum absolute atomic E-state index is 13.6. The van der Waals surface area contributed by atoms with E-state index in [1.807, 2.05) is 37.3 Å². The van der Waals surface area contributed by atoms with E-state index >= 15 is 0 Å². The predicted octanol–water partition coefficient (Wildman–Crippen LogP) is 4.08. The van der Waals surface area contributed by atoms with Gasteiger partial charge in [0, 0.05) is 35.1 Å². The van der Waals surface area contributed by atoms with Gasteiger partial charge < -0.3 is 5.32 Å². The molecule has 2 aromatic heterocycles. The summed E-state index contributed by atoms with van der Waals surface area (Å²) in [6.45, 7) is 1.98. The van der Waals surface area contributed by atoms with Crippen LogP contribution in [0.2, 0.25) is 0 Å². The topological polar surface area (TPSA) is 88.1 Å². The molecule has 4 rings (SSSR count). The Kier molecular flexibility index (Phi) is 6.66. The molecule has 2 amide bonds. The standard InChI is InChI=1S/C23H25N5O2S/c1-16-9-11-19(12-10-16)28(23(30)20-15-31-27-26-20)21(17-6-5-13-24-14-17)22(29)25-18-7-3-2-4-8-18/h5-6,9-15,18,21H,2-4,7-8H2,1H3,(H,25,29)/t21-/m1/s1. The summed E-state index contributed by atoms with van der Waals surface area (Å²) in [6, 6.07) is 10.4. The molecule has 1 fully saturated rings. The second kappa shape index (κ2) is 9.78. The van der Waals surface area contributed by atoms with Crippen molar-refractivity contribution in [3.63, 3.8) is 0 Å². The molecule has 0 aliphatic heterocycles. The van der Waals surface area contributed by atoms with Crippen LogP contribution in [0.15, 0.2) is 54.2 Å². The van der Waals surface area contributed by atoms with Crippen molar-refractivity contribution in [2.75, 3.05) is 4.90 Å². The van der Waals surface area contributed by atoms with Crippen LogP contribution in [-0.2, 0) is 4.79 Å². The number of carbonyl (C=O) groups is 2. The average Bonchev–Trinajstić information content (AvgIpc) is 3.34. The molecule has 1 atom stereocenters. The summed E-state index contributed by atoms with van der Waals surface area (Å²) in [7, 11) is 0. The minimum Gasteiger partial charge on any atom is -0.351 e. The van der Waals surface area contributed by atoms with Crippen LogP contribution in [0.25, 0.3) is 0 Å². The highest BCUT2D eigenvalue weighted by Gasteiger charge is 2.35. The summed E-state index contributed by atoms with van der Waals surface area (Å²) >= 11 is 1.11. The SMILES string of the molecule is Cc1ccc(N(C(=O)c2csnn2)[C@@H](C(=O)NC2CCCCC2)c2cccnc2)cc1. The molecule has 1 aliphatic carbocycles. The van der Waals surface area contributed by atoms with E-state index in [4.69, 9.17) is 0 Å². The number of anilines is 1. The predicted molar refractivity (Wildman–Crippen MR) is 120 cm³/mol. The number of hydrogen-bond donors (Lipinski definition) is 1. The molecule has 0 radical (unpaired) electrons. The van der Waals surface area contributed by atoms with E-state index in [0.29, 0.717) is 11.3 Å². The first-order chi connectivity index (χ1) is 15.1. The first kappa shape index (κ1) is 21.1. The van der Waals surface area contributed by atoms with Crippen molar-refractivity contribution >= 4 is 29.0 Å². The number of aromatic nitrogens is 3. The maximum Gasteiger partial charge on any atom is 0.280 e. The molecule has 1 saturated carbocycles. The van der Waals surface area contributed by atoms with E-state index in [1.165, 1.54) is 11.3 Å². The third-order valence-electron chi connectivity index (χ3n) is 5.57. The summed E-state index contributed by atoms with van der Waals surface area (Å²) in [5.41, 5.74) is 2.55. The Bertz CT molecular complexity index is 1000. The van der Waals surface area contributed by atoms with Crippen LogP contribution in [0.5, 0.6) is 0 Å². The van der Waals surface area contributed by atoms with Crippen molar-refractivity contribution < 1.29 is 9.59 Å². The van der Waals surface area contributed by atoms with Gasteiger partial charge in [-0.2, -0.15) is 0 Å². The van der Waals surface area contributed by atoms with Gasteiger partial charge in [0.15, 0.2) is 5.69 Å². The minimum absolute atomic E-state index is 0.122. The van der Waals surface area contributed by atoms with Crippen molar-refractivity contribution in [3.8, 4) is 0 Å². The first-order valence-corrected chi connectivity index (χ1v) is 11.3. The zero-order valence-corrected chi connectivity index (χ0v) is 18.2. The molecule has 1 aliphatic rings. The largest absolute Gasteiger partial charge is 0.351 e. The third kappa shape index (κ3) is 4.96. The highest BCUT2D eigenvalue weighted by Crippen LogP contribution is 2.30. The van der Waals surface area contributed by atoms with Gasteiger partial charge in [0.05, 0.1) is 0 Å². The zero-order valence-electron chi connectivity index (χ0n) is 17.4. The molecule has 3 aromatic rings. The normalized spacial score (nSPS) is 15.3. The number of aryl methyl sites for hydroxylation is 1. The van der Waals surface area contributed by atoms with Gasteiger partial charge in [0.25, 0.3) is 5.91 Å². The molecule has 1 N–H and O–H groups in total. The Morgan fingerprint density at radius 3 is 2.55 bits per heavy atom. The Morgan fingerprint density at radius 2 is 1.90 bits per heavy atom. The molecule has 0 bridgehead atoms. The van der Waals surface area contributed by atoms with E-state index in [1.54, 1.807) is 23.8 Å². The lowest BCUT2D eigenvalue weighted by molar-refractivity contribution is -0.123. The molecule has 160 valence electrons. The number of hydrogen-bond acceptors (Lipinski definition) is 6. The number of amides is 2. The molecule has 8 heteroatoms. The Labute approximate surface area is 185 Å². The number of rotatable bonds is 6. The fourth-order valence-electron chi connectivity index (χ4n) is 3.95. The number of nitrogens with one attached hydrogen (secondary N) is 1. The quantitative estimate of drug-likeness (QED) is 0.630. The maximum atomic E-state index is 13.6. The van der Waals surface area contributed by atoms with Crippen LogP contribution in [0.1, 0.15) is 59.8 Å². The van der Waals surface area contributed by atoms with Crippen LogP contribution in [0.3, 0.4) is 0 Å². The summed E-state index contributed by atoms with van der Waals surface area (Å²) < 4.78 is 3.84. The second-order valence-corrected chi connectivity index (χ2v) is 8.44. The van der Waals surface area contributed by atoms with Crippen molar-refractivity contribution in [3.05, 3.63) is 71.0 Å². The van der Waals surface area contributed by atoms with E-state index in [0.717, 1.165) is 42.8 Å². The zero-order chi connectivity index (χ0) is 21.6.